The smallest absolute Gasteiger partial charge is 0.414 e. The predicted octanol–water partition coefficient (Wildman–Crippen LogP) is -2.37. The highest BCUT2D eigenvalue weighted by Gasteiger charge is 2.24. The number of aliphatic carboxylic acids is 4. The van der Waals surface area contributed by atoms with Gasteiger partial charge in [-0.05, 0) is 0 Å². The number of hydrogen-bond acceptors (Lipinski definition) is 8. The summed E-state index contributed by atoms with van der Waals surface area (Å²) in [4.78, 5) is 46.2. The molecule has 0 radical (unpaired) electrons. The number of piperazine rings is 1. The lowest BCUT2D eigenvalue weighted by molar-refractivity contribution is -0.159. The third kappa shape index (κ3) is 9.31. The van der Waals surface area contributed by atoms with Gasteiger partial charge >= 0.3 is 23.9 Å². The van der Waals surface area contributed by atoms with E-state index in [1.165, 1.54) is 0 Å². The Bertz CT molecular complexity index is 541. The first-order chi connectivity index (χ1) is 12.2. The summed E-state index contributed by atoms with van der Waals surface area (Å²) in [6, 6.07) is 0.349. The minimum Gasteiger partial charge on any atom is -0.473 e. The normalized spacial score (nSPS) is 16.3. The number of aromatic amines is 1. The van der Waals surface area contributed by atoms with Crippen molar-refractivity contribution in [1.82, 2.24) is 20.2 Å². The molecule has 2 rings (SSSR count). The fraction of sp³-hybridized carbons (Fsp3) is 0.462. The van der Waals surface area contributed by atoms with Crippen LogP contribution in [0.3, 0.4) is 0 Å². The van der Waals surface area contributed by atoms with E-state index in [0.717, 1.165) is 32.0 Å². The van der Waals surface area contributed by atoms with Crippen molar-refractivity contribution >= 4 is 23.9 Å². The van der Waals surface area contributed by atoms with Crippen molar-refractivity contribution in [2.75, 3.05) is 32.7 Å². The average Bonchev–Trinajstić information content (AvgIpc) is 3.11. The lowest BCUT2D eigenvalue weighted by Gasteiger charge is -2.34. The Balaban J connectivity index is 0.000000437. The number of nitrogens with one attached hydrogen (secondary N) is 2. The highest BCUT2D eigenvalue weighted by atomic mass is 16.4. The second-order valence-electron chi connectivity index (χ2n) is 4.74. The molecule has 2 heterocycles. The van der Waals surface area contributed by atoms with E-state index in [1.807, 2.05) is 6.20 Å². The van der Waals surface area contributed by atoms with Crippen molar-refractivity contribution in [2.45, 2.75) is 6.04 Å². The van der Waals surface area contributed by atoms with Gasteiger partial charge in [-0.3, -0.25) is 4.90 Å². The Morgan fingerprint density at radius 3 is 2.04 bits per heavy atom. The van der Waals surface area contributed by atoms with Crippen molar-refractivity contribution in [3.63, 3.8) is 0 Å². The SMILES string of the molecule is NCCN1CCNCC1c1ncc[nH]1.O=C(O)C(=O)O.O=C(O)C(=O)O. The minimum atomic E-state index is -1.82. The van der Waals surface area contributed by atoms with Gasteiger partial charge in [0.05, 0.1) is 6.04 Å². The first-order valence-corrected chi connectivity index (χ1v) is 7.27. The first kappa shape index (κ1) is 23.0. The zero-order chi connectivity index (χ0) is 20.1. The van der Waals surface area contributed by atoms with Crippen LogP contribution in [0, 0.1) is 0 Å². The molecule has 1 aliphatic heterocycles. The summed E-state index contributed by atoms with van der Waals surface area (Å²) in [5.74, 6) is -6.26. The molecule has 0 aromatic carbocycles. The molecule has 26 heavy (non-hydrogen) atoms. The average molecular weight is 375 g/mol. The number of carboxylic acids is 4. The molecule has 0 aliphatic carbocycles. The number of carbonyl (C=O) groups is 4. The van der Waals surface area contributed by atoms with E-state index >= 15 is 0 Å². The fourth-order valence-electron chi connectivity index (χ4n) is 1.91. The van der Waals surface area contributed by atoms with E-state index in [1.54, 1.807) is 6.20 Å². The quantitative estimate of drug-likeness (QED) is 0.275. The molecule has 146 valence electrons. The van der Waals surface area contributed by atoms with Gasteiger partial charge in [0.15, 0.2) is 0 Å². The van der Waals surface area contributed by atoms with Crippen LogP contribution in [0.1, 0.15) is 11.9 Å². The number of imidazole rings is 1. The van der Waals surface area contributed by atoms with Crippen LogP contribution in [0.5, 0.6) is 0 Å². The summed E-state index contributed by atoms with van der Waals surface area (Å²) in [7, 11) is 0. The summed E-state index contributed by atoms with van der Waals surface area (Å²) in [6.07, 6.45) is 3.66. The molecule has 1 fully saturated rings. The van der Waals surface area contributed by atoms with Gasteiger partial charge in [-0.15, -0.1) is 0 Å². The number of hydrogen-bond donors (Lipinski definition) is 7. The van der Waals surface area contributed by atoms with Crippen molar-refractivity contribution in [3.8, 4) is 0 Å². The Morgan fingerprint density at radius 1 is 1.12 bits per heavy atom. The van der Waals surface area contributed by atoms with E-state index in [9.17, 15) is 0 Å². The fourth-order valence-corrected chi connectivity index (χ4v) is 1.91. The number of nitrogens with two attached hydrogens (primary N) is 1. The molecule has 1 saturated heterocycles. The van der Waals surface area contributed by atoms with E-state index in [-0.39, 0.29) is 0 Å². The molecule has 1 unspecified atom stereocenters. The van der Waals surface area contributed by atoms with Gasteiger partial charge in [-0.25, -0.2) is 24.2 Å². The van der Waals surface area contributed by atoms with Crippen LogP contribution in [0.25, 0.3) is 0 Å². The molecule has 8 N–H and O–H groups in total. The molecule has 1 aromatic heterocycles. The maximum atomic E-state index is 9.10. The van der Waals surface area contributed by atoms with Gasteiger partial charge in [0.2, 0.25) is 0 Å². The highest BCUT2D eigenvalue weighted by molar-refractivity contribution is 6.27. The van der Waals surface area contributed by atoms with Crippen LogP contribution in [-0.4, -0.2) is 91.9 Å². The summed E-state index contributed by atoms with van der Waals surface area (Å²) in [5.41, 5.74) is 5.58. The molecular weight excluding hydrogens is 354 g/mol. The molecule has 13 heteroatoms. The summed E-state index contributed by atoms with van der Waals surface area (Å²) < 4.78 is 0. The van der Waals surface area contributed by atoms with Crippen molar-refractivity contribution in [3.05, 3.63) is 18.2 Å². The van der Waals surface area contributed by atoms with E-state index in [4.69, 9.17) is 45.3 Å². The Morgan fingerprint density at radius 2 is 1.65 bits per heavy atom. The largest absolute Gasteiger partial charge is 0.473 e. The van der Waals surface area contributed by atoms with Gasteiger partial charge in [-0.2, -0.15) is 0 Å². The molecule has 1 aromatic rings. The molecule has 1 aliphatic rings. The lowest BCUT2D eigenvalue weighted by atomic mass is 10.2. The molecular formula is C13H21N5O8. The third-order valence-corrected chi connectivity index (χ3v) is 2.97. The van der Waals surface area contributed by atoms with Gasteiger partial charge in [0.1, 0.15) is 5.82 Å². The Kier molecular flexibility index (Phi) is 10.9. The summed E-state index contributed by atoms with van der Waals surface area (Å²) in [5, 5.41) is 32.9. The van der Waals surface area contributed by atoms with Crippen molar-refractivity contribution in [1.29, 1.82) is 0 Å². The van der Waals surface area contributed by atoms with Crippen LogP contribution < -0.4 is 11.1 Å². The molecule has 13 nitrogen and oxygen atoms in total. The number of aromatic nitrogens is 2. The molecule has 0 spiro atoms. The topological polar surface area (TPSA) is 219 Å². The standard InChI is InChI=1S/C9H17N5.2C2H2O4/c10-1-5-14-6-4-11-7-8(14)9-12-2-3-13-9;2*3-1(4)2(5)6/h2-3,8,11H,1,4-7,10H2,(H,12,13);2*(H,3,4)(H,5,6). The van der Waals surface area contributed by atoms with Gasteiger partial charge in [0, 0.05) is 45.1 Å². The van der Waals surface area contributed by atoms with E-state index < -0.39 is 23.9 Å². The van der Waals surface area contributed by atoms with Crippen LogP contribution in [-0.2, 0) is 19.2 Å². The number of rotatable bonds is 3. The van der Waals surface area contributed by atoms with Crippen LogP contribution in [0.4, 0.5) is 0 Å². The van der Waals surface area contributed by atoms with Gasteiger partial charge in [0.25, 0.3) is 0 Å². The van der Waals surface area contributed by atoms with E-state index in [0.29, 0.717) is 12.6 Å². The number of carboxylic acid groups (broad SMARTS) is 4. The first-order valence-electron chi connectivity index (χ1n) is 7.27. The molecule has 0 saturated carbocycles. The second kappa shape index (κ2) is 12.3. The maximum Gasteiger partial charge on any atom is 0.414 e. The van der Waals surface area contributed by atoms with Gasteiger partial charge in [-0.1, -0.05) is 0 Å². The maximum absolute atomic E-state index is 9.10. The monoisotopic (exact) mass is 375 g/mol. The Hall–Kier alpha value is -3.03. The zero-order valence-electron chi connectivity index (χ0n) is 13.7. The Labute approximate surface area is 147 Å². The van der Waals surface area contributed by atoms with Crippen LogP contribution in [0.15, 0.2) is 12.4 Å². The highest BCUT2D eigenvalue weighted by Crippen LogP contribution is 2.17. The second-order valence-corrected chi connectivity index (χ2v) is 4.74. The number of nitrogens with zero attached hydrogens (tertiary/aromatic N) is 2. The summed E-state index contributed by atoms with van der Waals surface area (Å²) >= 11 is 0. The minimum absolute atomic E-state index is 0.349. The van der Waals surface area contributed by atoms with Crippen LogP contribution >= 0.6 is 0 Å². The van der Waals surface area contributed by atoms with Crippen molar-refractivity contribution in [2.24, 2.45) is 5.73 Å². The number of H-pyrrole nitrogens is 1. The molecule has 0 amide bonds. The zero-order valence-corrected chi connectivity index (χ0v) is 13.7. The summed E-state index contributed by atoms with van der Waals surface area (Å²) in [6.45, 7) is 4.68. The van der Waals surface area contributed by atoms with Crippen molar-refractivity contribution < 1.29 is 39.6 Å². The third-order valence-electron chi connectivity index (χ3n) is 2.97. The lowest BCUT2D eigenvalue weighted by Crippen LogP contribution is -2.47. The molecule has 0 bridgehead atoms. The van der Waals surface area contributed by atoms with E-state index in [2.05, 4.69) is 20.2 Å². The van der Waals surface area contributed by atoms with Gasteiger partial charge < -0.3 is 36.5 Å². The molecule has 1 atom stereocenters. The van der Waals surface area contributed by atoms with Crippen LogP contribution in [0.2, 0.25) is 0 Å². The predicted molar refractivity (Wildman–Crippen MR) is 85.4 cm³/mol.